The van der Waals surface area contributed by atoms with E-state index in [1.807, 2.05) is 18.2 Å². The molecule has 1 aromatic rings. The maximum atomic E-state index is 6.16. The number of hydrogen-bond donors (Lipinski definition) is 2. The number of rotatable bonds is 7. The van der Waals surface area contributed by atoms with E-state index in [1.165, 1.54) is 0 Å². The van der Waals surface area contributed by atoms with Crippen molar-refractivity contribution in [2.75, 3.05) is 40.8 Å². The van der Waals surface area contributed by atoms with Gasteiger partial charge >= 0.3 is 0 Å². The normalized spacial score (nSPS) is 12.6. The molecule has 0 radical (unpaired) electrons. The van der Waals surface area contributed by atoms with Crippen LogP contribution in [-0.2, 0) is 6.42 Å². The fraction of sp³-hybridized carbons (Fsp3) is 0.588. The van der Waals surface area contributed by atoms with E-state index >= 15 is 0 Å². The van der Waals surface area contributed by atoms with Gasteiger partial charge in [-0.1, -0.05) is 43.6 Å². The SMILES string of the molecule is CN=C(NCCc1ccccc1Cl)NCC(C)(C)CN(C)C. The van der Waals surface area contributed by atoms with Gasteiger partial charge in [-0.25, -0.2) is 0 Å². The van der Waals surface area contributed by atoms with Gasteiger partial charge in [-0.05, 0) is 37.6 Å². The smallest absolute Gasteiger partial charge is 0.191 e. The Morgan fingerprint density at radius 3 is 2.50 bits per heavy atom. The van der Waals surface area contributed by atoms with Gasteiger partial charge in [0.2, 0.25) is 0 Å². The van der Waals surface area contributed by atoms with Crippen LogP contribution in [0.3, 0.4) is 0 Å². The second-order valence-corrected chi connectivity index (χ2v) is 7.00. The molecule has 2 N–H and O–H groups in total. The van der Waals surface area contributed by atoms with E-state index in [0.717, 1.165) is 42.6 Å². The lowest BCUT2D eigenvalue weighted by atomic mass is 9.93. The fourth-order valence-electron chi connectivity index (χ4n) is 2.47. The molecule has 1 rings (SSSR count). The average Bonchev–Trinajstić information content (AvgIpc) is 2.43. The van der Waals surface area contributed by atoms with Crippen LogP contribution in [0.1, 0.15) is 19.4 Å². The molecule has 0 aliphatic heterocycles. The largest absolute Gasteiger partial charge is 0.356 e. The summed E-state index contributed by atoms with van der Waals surface area (Å²) in [5.74, 6) is 0.832. The molecular formula is C17H29ClN4. The van der Waals surface area contributed by atoms with Crippen LogP contribution in [0.2, 0.25) is 5.02 Å². The van der Waals surface area contributed by atoms with Crippen molar-refractivity contribution in [1.29, 1.82) is 0 Å². The van der Waals surface area contributed by atoms with Crippen LogP contribution in [-0.4, -0.2) is 51.6 Å². The van der Waals surface area contributed by atoms with Gasteiger partial charge in [0.05, 0.1) is 0 Å². The molecule has 5 heteroatoms. The van der Waals surface area contributed by atoms with Crippen LogP contribution in [0, 0.1) is 5.41 Å². The predicted molar refractivity (Wildman–Crippen MR) is 96.9 cm³/mol. The Morgan fingerprint density at radius 2 is 1.91 bits per heavy atom. The summed E-state index contributed by atoms with van der Waals surface area (Å²) < 4.78 is 0. The maximum absolute atomic E-state index is 6.16. The van der Waals surface area contributed by atoms with Gasteiger partial charge < -0.3 is 15.5 Å². The van der Waals surface area contributed by atoms with Crippen LogP contribution in [0.15, 0.2) is 29.3 Å². The zero-order chi connectivity index (χ0) is 16.6. The van der Waals surface area contributed by atoms with Crippen molar-refractivity contribution in [2.45, 2.75) is 20.3 Å². The van der Waals surface area contributed by atoms with Crippen molar-refractivity contribution >= 4 is 17.6 Å². The highest BCUT2D eigenvalue weighted by molar-refractivity contribution is 6.31. The number of nitrogens with one attached hydrogen (secondary N) is 2. The minimum atomic E-state index is 0.184. The molecule has 0 heterocycles. The van der Waals surface area contributed by atoms with Crippen molar-refractivity contribution in [3.8, 4) is 0 Å². The van der Waals surface area contributed by atoms with E-state index in [0.29, 0.717) is 0 Å². The first kappa shape index (κ1) is 18.8. The van der Waals surface area contributed by atoms with E-state index in [1.54, 1.807) is 7.05 Å². The summed E-state index contributed by atoms with van der Waals surface area (Å²) in [5, 5.41) is 7.55. The molecular weight excluding hydrogens is 296 g/mol. The number of halogens is 1. The van der Waals surface area contributed by atoms with Gasteiger partial charge in [0, 0.05) is 31.7 Å². The van der Waals surface area contributed by atoms with Crippen LogP contribution in [0.4, 0.5) is 0 Å². The first-order chi connectivity index (χ1) is 10.3. The van der Waals surface area contributed by atoms with Gasteiger partial charge in [-0.3, -0.25) is 4.99 Å². The van der Waals surface area contributed by atoms with Gasteiger partial charge in [0.15, 0.2) is 5.96 Å². The Morgan fingerprint density at radius 1 is 1.23 bits per heavy atom. The number of nitrogens with zero attached hydrogens (tertiary/aromatic N) is 2. The van der Waals surface area contributed by atoms with Crippen LogP contribution >= 0.6 is 11.6 Å². The van der Waals surface area contributed by atoms with E-state index in [2.05, 4.69) is 54.5 Å². The van der Waals surface area contributed by atoms with Crippen molar-refractivity contribution in [3.05, 3.63) is 34.9 Å². The Labute approximate surface area is 140 Å². The summed E-state index contributed by atoms with van der Waals surface area (Å²) >= 11 is 6.16. The van der Waals surface area contributed by atoms with E-state index in [9.17, 15) is 0 Å². The first-order valence-electron chi connectivity index (χ1n) is 7.67. The molecule has 0 spiro atoms. The van der Waals surface area contributed by atoms with Crippen LogP contribution in [0.25, 0.3) is 0 Å². The summed E-state index contributed by atoms with van der Waals surface area (Å²) in [6.45, 7) is 7.19. The second kappa shape index (κ2) is 9.01. The minimum Gasteiger partial charge on any atom is -0.356 e. The molecule has 0 aliphatic carbocycles. The van der Waals surface area contributed by atoms with Gasteiger partial charge in [-0.2, -0.15) is 0 Å². The molecule has 0 unspecified atom stereocenters. The monoisotopic (exact) mass is 324 g/mol. The van der Waals surface area contributed by atoms with Crippen molar-refractivity contribution in [2.24, 2.45) is 10.4 Å². The molecule has 0 amide bonds. The molecule has 0 saturated carbocycles. The van der Waals surface area contributed by atoms with Crippen LogP contribution < -0.4 is 10.6 Å². The highest BCUT2D eigenvalue weighted by Gasteiger charge is 2.19. The molecule has 22 heavy (non-hydrogen) atoms. The third-order valence-corrected chi connectivity index (χ3v) is 3.72. The zero-order valence-corrected chi connectivity index (χ0v) is 15.2. The van der Waals surface area contributed by atoms with E-state index in [-0.39, 0.29) is 5.41 Å². The third kappa shape index (κ3) is 7.14. The van der Waals surface area contributed by atoms with Crippen molar-refractivity contribution in [1.82, 2.24) is 15.5 Å². The van der Waals surface area contributed by atoms with Gasteiger partial charge in [-0.15, -0.1) is 0 Å². The number of benzene rings is 1. The molecule has 0 saturated heterocycles. The zero-order valence-electron chi connectivity index (χ0n) is 14.4. The van der Waals surface area contributed by atoms with E-state index in [4.69, 9.17) is 11.6 Å². The third-order valence-electron chi connectivity index (χ3n) is 3.35. The summed E-state index contributed by atoms with van der Waals surface area (Å²) in [5.41, 5.74) is 1.34. The summed E-state index contributed by atoms with van der Waals surface area (Å²) in [6, 6.07) is 7.94. The minimum absolute atomic E-state index is 0.184. The lowest BCUT2D eigenvalue weighted by Gasteiger charge is -2.29. The predicted octanol–water partition coefficient (Wildman–Crippen LogP) is 2.64. The Bertz CT molecular complexity index is 483. The molecule has 4 nitrogen and oxygen atoms in total. The maximum Gasteiger partial charge on any atom is 0.191 e. The molecule has 0 aromatic heterocycles. The summed E-state index contributed by atoms with van der Waals surface area (Å²) in [4.78, 5) is 6.48. The fourth-order valence-corrected chi connectivity index (χ4v) is 2.70. The van der Waals surface area contributed by atoms with Gasteiger partial charge in [0.25, 0.3) is 0 Å². The quantitative estimate of drug-likeness (QED) is 0.598. The Balaban J connectivity index is 2.39. The second-order valence-electron chi connectivity index (χ2n) is 6.60. The molecule has 0 atom stereocenters. The highest BCUT2D eigenvalue weighted by Crippen LogP contribution is 2.15. The average molecular weight is 325 g/mol. The Kier molecular flexibility index (Phi) is 7.69. The van der Waals surface area contributed by atoms with Gasteiger partial charge in [0.1, 0.15) is 0 Å². The topological polar surface area (TPSA) is 39.7 Å². The molecule has 0 aliphatic rings. The molecule has 0 bridgehead atoms. The van der Waals surface area contributed by atoms with Crippen LogP contribution in [0.5, 0.6) is 0 Å². The summed E-state index contributed by atoms with van der Waals surface area (Å²) in [7, 11) is 5.99. The van der Waals surface area contributed by atoms with Crippen molar-refractivity contribution < 1.29 is 0 Å². The van der Waals surface area contributed by atoms with E-state index < -0.39 is 0 Å². The van der Waals surface area contributed by atoms with Crippen molar-refractivity contribution in [3.63, 3.8) is 0 Å². The standard InChI is InChI=1S/C17H29ClN4/c1-17(2,13-22(4)5)12-21-16(19-3)20-11-10-14-8-6-7-9-15(14)18/h6-9H,10-13H2,1-5H3,(H2,19,20,21). The lowest BCUT2D eigenvalue weighted by molar-refractivity contribution is 0.241. The lowest BCUT2D eigenvalue weighted by Crippen LogP contribution is -2.45. The highest BCUT2D eigenvalue weighted by atomic mass is 35.5. The molecule has 1 aromatic carbocycles. The first-order valence-corrected chi connectivity index (χ1v) is 8.04. The molecule has 0 fully saturated rings. The summed E-state index contributed by atoms with van der Waals surface area (Å²) in [6.07, 6.45) is 0.876. The number of hydrogen-bond acceptors (Lipinski definition) is 2. The number of aliphatic imine (C=N–C) groups is 1. The Hall–Kier alpha value is -1.26. The number of guanidine groups is 1. The molecule has 124 valence electrons.